The van der Waals surface area contributed by atoms with Gasteiger partial charge >= 0.3 is 0 Å². The van der Waals surface area contributed by atoms with E-state index in [1.165, 1.54) is 6.42 Å². The van der Waals surface area contributed by atoms with Gasteiger partial charge in [-0.05, 0) is 32.3 Å². The number of rotatable bonds is 3. The van der Waals surface area contributed by atoms with Gasteiger partial charge in [0.15, 0.2) is 0 Å². The molecule has 1 aliphatic rings. The molecule has 0 bridgehead atoms. The lowest BCUT2D eigenvalue weighted by atomic mass is 9.68. The lowest BCUT2D eigenvalue weighted by Crippen LogP contribution is -2.43. The second-order valence-corrected chi connectivity index (χ2v) is 4.52. The Morgan fingerprint density at radius 1 is 1.40 bits per heavy atom. The predicted octanol–water partition coefficient (Wildman–Crippen LogP) is 1.73. The van der Waals surface area contributed by atoms with Crippen molar-refractivity contribution in [3.05, 3.63) is 23.3 Å². The molecule has 15 heavy (non-hydrogen) atoms. The van der Waals surface area contributed by atoms with Crippen LogP contribution in [0, 0.1) is 6.92 Å². The molecule has 0 atom stereocenters. The molecule has 3 nitrogen and oxygen atoms in total. The van der Waals surface area contributed by atoms with E-state index < -0.39 is 0 Å². The van der Waals surface area contributed by atoms with Gasteiger partial charge in [0.25, 0.3) is 0 Å². The summed E-state index contributed by atoms with van der Waals surface area (Å²) in [6.07, 6.45) is 4.53. The summed E-state index contributed by atoms with van der Waals surface area (Å²) in [6.45, 7) is 4.84. The minimum Gasteiger partial charge on any atom is -0.329 e. The van der Waals surface area contributed by atoms with Crippen molar-refractivity contribution in [1.82, 2.24) is 9.97 Å². The van der Waals surface area contributed by atoms with E-state index >= 15 is 0 Å². The van der Waals surface area contributed by atoms with E-state index in [9.17, 15) is 0 Å². The third kappa shape index (κ3) is 1.76. The van der Waals surface area contributed by atoms with Crippen molar-refractivity contribution in [2.45, 2.75) is 44.9 Å². The van der Waals surface area contributed by atoms with Crippen LogP contribution in [0.3, 0.4) is 0 Å². The SMILES string of the molecule is CCc1cc(C)nc(C2(CN)CCC2)n1. The first-order chi connectivity index (χ1) is 7.20. The Morgan fingerprint density at radius 2 is 2.13 bits per heavy atom. The average molecular weight is 205 g/mol. The Bertz CT molecular complexity index is 350. The fraction of sp³-hybridized carbons (Fsp3) is 0.667. The first kappa shape index (κ1) is 10.6. The Balaban J connectivity index is 2.38. The van der Waals surface area contributed by atoms with Crippen LogP contribution in [0.15, 0.2) is 6.07 Å². The van der Waals surface area contributed by atoms with Gasteiger partial charge in [0.1, 0.15) is 5.82 Å². The monoisotopic (exact) mass is 205 g/mol. The molecule has 1 aliphatic carbocycles. The molecule has 0 amide bonds. The maximum absolute atomic E-state index is 5.86. The molecule has 2 rings (SSSR count). The molecule has 0 aliphatic heterocycles. The third-order valence-electron chi connectivity index (χ3n) is 3.45. The third-order valence-corrected chi connectivity index (χ3v) is 3.45. The minimum absolute atomic E-state index is 0.0932. The van der Waals surface area contributed by atoms with Crippen LogP contribution in [-0.2, 0) is 11.8 Å². The van der Waals surface area contributed by atoms with E-state index in [0.29, 0.717) is 6.54 Å². The summed E-state index contributed by atoms with van der Waals surface area (Å²) >= 11 is 0. The van der Waals surface area contributed by atoms with Gasteiger partial charge in [0, 0.05) is 23.3 Å². The molecule has 0 saturated heterocycles. The van der Waals surface area contributed by atoms with Crippen LogP contribution in [0.25, 0.3) is 0 Å². The highest BCUT2D eigenvalue weighted by molar-refractivity contribution is 5.19. The van der Waals surface area contributed by atoms with Gasteiger partial charge in [0.2, 0.25) is 0 Å². The van der Waals surface area contributed by atoms with Gasteiger partial charge in [-0.25, -0.2) is 9.97 Å². The van der Waals surface area contributed by atoms with Crippen LogP contribution in [0.5, 0.6) is 0 Å². The van der Waals surface area contributed by atoms with E-state index in [1.807, 2.05) is 6.92 Å². The fourth-order valence-electron chi connectivity index (χ4n) is 2.17. The van der Waals surface area contributed by atoms with Crippen molar-refractivity contribution in [2.24, 2.45) is 5.73 Å². The smallest absolute Gasteiger partial charge is 0.136 e. The molecule has 3 heteroatoms. The molecule has 0 aromatic carbocycles. The van der Waals surface area contributed by atoms with E-state index in [0.717, 1.165) is 36.5 Å². The first-order valence-electron chi connectivity index (χ1n) is 5.75. The van der Waals surface area contributed by atoms with Gasteiger partial charge in [0.05, 0.1) is 0 Å². The molecule has 1 fully saturated rings. The summed E-state index contributed by atoms with van der Waals surface area (Å²) in [5.74, 6) is 0.980. The van der Waals surface area contributed by atoms with Crippen molar-refractivity contribution in [3.8, 4) is 0 Å². The van der Waals surface area contributed by atoms with Crippen molar-refractivity contribution < 1.29 is 0 Å². The second kappa shape index (κ2) is 3.89. The summed E-state index contributed by atoms with van der Waals surface area (Å²) in [6, 6.07) is 2.06. The zero-order valence-corrected chi connectivity index (χ0v) is 9.58. The van der Waals surface area contributed by atoms with Crippen molar-refractivity contribution in [3.63, 3.8) is 0 Å². The highest BCUT2D eigenvalue weighted by Gasteiger charge is 2.40. The first-order valence-corrected chi connectivity index (χ1v) is 5.75. The van der Waals surface area contributed by atoms with Gasteiger partial charge in [-0.1, -0.05) is 13.3 Å². The Kier molecular flexibility index (Phi) is 2.74. The number of nitrogens with two attached hydrogens (primary N) is 1. The van der Waals surface area contributed by atoms with Gasteiger partial charge in [-0.15, -0.1) is 0 Å². The number of aryl methyl sites for hydroxylation is 2. The largest absolute Gasteiger partial charge is 0.329 e. The van der Waals surface area contributed by atoms with Crippen molar-refractivity contribution >= 4 is 0 Å². The van der Waals surface area contributed by atoms with Crippen LogP contribution in [-0.4, -0.2) is 16.5 Å². The molecule has 1 saturated carbocycles. The van der Waals surface area contributed by atoms with Gasteiger partial charge < -0.3 is 5.73 Å². The summed E-state index contributed by atoms with van der Waals surface area (Å²) in [7, 11) is 0. The lowest BCUT2D eigenvalue weighted by Gasteiger charge is -2.39. The number of hydrogen-bond acceptors (Lipinski definition) is 3. The van der Waals surface area contributed by atoms with Crippen LogP contribution in [0.2, 0.25) is 0 Å². The molecule has 0 spiro atoms. The van der Waals surface area contributed by atoms with Crippen molar-refractivity contribution in [2.75, 3.05) is 6.54 Å². The highest BCUT2D eigenvalue weighted by Crippen LogP contribution is 2.41. The molecule has 1 heterocycles. The standard InChI is InChI=1S/C12H19N3/c1-3-10-7-9(2)14-11(15-10)12(8-13)5-4-6-12/h7H,3-6,8,13H2,1-2H3. The summed E-state index contributed by atoms with van der Waals surface area (Å²) in [5, 5.41) is 0. The molecule has 0 unspecified atom stereocenters. The predicted molar refractivity (Wildman–Crippen MR) is 60.7 cm³/mol. The maximum Gasteiger partial charge on any atom is 0.136 e. The lowest BCUT2D eigenvalue weighted by molar-refractivity contribution is 0.237. The summed E-state index contributed by atoms with van der Waals surface area (Å²) < 4.78 is 0. The molecule has 82 valence electrons. The molecule has 1 aromatic heterocycles. The Morgan fingerprint density at radius 3 is 2.60 bits per heavy atom. The summed E-state index contributed by atoms with van der Waals surface area (Å²) in [5.41, 5.74) is 8.16. The van der Waals surface area contributed by atoms with Gasteiger partial charge in [-0.2, -0.15) is 0 Å². The van der Waals surface area contributed by atoms with E-state index in [1.54, 1.807) is 0 Å². The highest BCUT2D eigenvalue weighted by atomic mass is 14.9. The average Bonchev–Trinajstić information content (AvgIpc) is 2.16. The normalized spacial score (nSPS) is 18.6. The van der Waals surface area contributed by atoms with Gasteiger partial charge in [-0.3, -0.25) is 0 Å². The zero-order chi connectivity index (χ0) is 10.9. The zero-order valence-electron chi connectivity index (χ0n) is 9.58. The Labute approximate surface area is 91.1 Å². The molecular formula is C12H19N3. The minimum atomic E-state index is 0.0932. The maximum atomic E-state index is 5.86. The number of nitrogens with zero attached hydrogens (tertiary/aromatic N) is 2. The van der Waals surface area contributed by atoms with Crippen LogP contribution in [0.1, 0.15) is 43.4 Å². The van der Waals surface area contributed by atoms with E-state index in [2.05, 4.69) is 23.0 Å². The second-order valence-electron chi connectivity index (χ2n) is 4.52. The van der Waals surface area contributed by atoms with Crippen LogP contribution < -0.4 is 5.73 Å². The topological polar surface area (TPSA) is 51.8 Å². The number of hydrogen-bond donors (Lipinski definition) is 1. The van der Waals surface area contributed by atoms with E-state index in [4.69, 9.17) is 5.73 Å². The van der Waals surface area contributed by atoms with Crippen LogP contribution in [0.4, 0.5) is 0 Å². The fourth-order valence-corrected chi connectivity index (χ4v) is 2.17. The molecular weight excluding hydrogens is 186 g/mol. The molecule has 0 radical (unpaired) electrons. The molecule has 1 aromatic rings. The van der Waals surface area contributed by atoms with E-state index in [-0.39, 0.29) is 5.41 Å². The number of aromatic nitrogens is 2. The Hall–Kier alpha value is -0.960. The van der Waals surface area contributed by atoms with Crippen LogP contribution >= 0.6 is 0 Å². The quantitative estimate of drug-likeness (QED) is 0.817. The molecule has 2 N–H and O–H groups in total. The van der Waals surface area contributed by atoms with Crippen molar-refractivity contribution in [1.29, 1.82) is 0 Å². The summed E-state index contributed by atoms with van der Waals surface area (Å²) in [4.78, 5) is 9.18.